The molecule has 1 heterocycles. The fourth-order valence-corrected chi connectivity index (χ4v) is 2.53. The number of rotatable bonds is 4. The van der Waals surface area contributed by atoms with Crippen LogP contribution in [-0.2, 0) is 6.54 Å². The highest BCUT2D eigenvalue weighted by atomic mass is 32.2. The van der Waals surface area contributed by atoms with Crippen LogP contribution < -0.4 is 5.32 Å². The summed E-state index contributed by atoms with van der Waals surface area (Å²) in [5, 5.41) is 4.51. The second-order valence-electron chi connectivity index (χ2n) is 3.43. The van der Waals surface area contributed by atoms with E-state index < -0.39 is 0 Å². The summed E-state index contributed by atoms with van der Waals surface area (Å²) >= 11 is 3.50. The van der Waals surface area contributed by atoms with Crippen LogP contribution in [0, 0.1) is 6.92 Å². The van der Waals surface area contributed by atoms with Gasteiger partial charge in [0.15, 0.2) is 0 Å². The van der Waals surface area contributed by atoms with Crippen molar-refractivity contribution in [3.63, 3.8) is 0 Å². The molecule has 2 aromatic rings. The zero-order valence-corrected chi connectivity index (χ0v) is 11.0. The molecule has 0 aliphatic heterocycles. The van der Waals surface area contributed by atoms with E-state index >= 15 is 0 Å². The number of thioether (sulfide) groups is 1. The first-order valence-corrected chi connectivity index (χ1v) is 7.11. The summed E-state index contributed by atoms with van der Waals surface area (Å²) in [6.07, 6.45) is 4.02. The quantitative estimate of drug-likeness (QED) is 0.836. The first kappa shape index (κ1) is 11.5. The van der Waals surface area contributed by atoms with Crippen molar-refractivity contribution in [1.82, 2.24) is 4.98 Å². The molecule has 0 spiro atoms. The van der Waals surface area contributed by atoms with Gasteiger partial charge in [-0.15, -0.1) is 23.1 Å². The molecule has 1 aromatic heterocycles. The summed E-state index contributed by atoms with van der Waals surface area (Å²) < 4.78 is 0. The normalized spacial score (nSPS) is 10.4. The lowest BCUT2D eigenvalue weighted by Gasteiger charge is -2.04. The van der Waals surface area contributed by atoms with Gasteiger partial charge in [-0.1, -0.05) is 0 Å². The van der Waals surface area contributed by atoms with Crippen LogP contribution in [-0.4, -0.2) is 11.2 Å². The van der Waals surface area contributed by atoms with Gasteiger partial charge in [-0.2, -0.15) is 0 Å². The van der Waals surface area contributed by atoms with Crippen molar-refractivity contribution in [2.75, 3.05) is 11.6 Å². The largest absolute Gasteiger partial charge is 0.380 e. The molecule has 16 heavy (non-hydrogen) atoms. The minimum atomic E-state index is 0.851. The molecule has 0 saturated heterocycles. The number of hydrogen-bond donors (Lipinski definition) is 1. The van der Waals surface area contributed by atoms with Crippen molar-refractivity contribution in [2.24, 2.45) is 0 Å². The summed E-state index contributed by atoms with van der Waals surface area (Å²) in [4.78, 5) is 6.79. The molecule has 4 heteroatoms. The Labute approximate surface area is 104 Å². The summed E-state index contributed by atoms with van der Waals surface area (Å²) in [6, 6.07) is 8.48. The molecule has 0 unspecified atom stereocenters. The molecule has 2 rings (SSSR count). The van der Waals surface area contributed by atoms with E-state index in [1.807, 2.05) is 13.1 Å². The number of anilines is 1. The summed E-state index contributed by atoms with van der Waals surface area (Å²) in [6.45, 7) is 2.88. The summed E-state index contributed by atoms with van der Waals surface area (Å²) in [5.74, 6) is 0. The monoisotopic (exact) mass is 250 g/mol. The molecule has 0 aliphatic carbocycles. The summed E-state index contributed by atoms with van der Waals surface area (Å²) in [5.41, 5.74) is 1.16. The third-order valence-electron chi connectivity index (χ3n) is 2.23. The number of nitrogens with one attached hydrogen (secondary N) is 1. The van der Waals surface area contributed by atoms with Gasteiger partial charge in [0.1, 0.15) is 0 Å². The molecule has 0 radical (unpaired) electrons. The Hall–Kier alpha value is -1.00. The predicted octanol–water partition coefficient (Wildman–Crippen LogP) is 3.79. The van der Waals surface area contributed by atoms with Gasteiger partial charge in [0, 0.05) is 21.7 Å². The van der Waals surface area contributed by atoms with E-state index in [9.17, 15) is 0 Å². The molecule has 0 aliphatic rings. The van der Waals surface area contributed by atoms with Gasteiger partial charge in [-0.05, 0) is 37.4 Å². The second kappa shape index (κ2) is 5.37. The van der Waals surface area contributed by atoms with E-state index in [2.05, 4.69) is 40.8 Å². The Morgan fingerprint density at radius 2 is 2.06 bits per heavy atom. The Bertz CT molecular complexity index is 448. The average Bonchev–Trinajstić information content (AvgIpc) is 2.73. The third kappa shape index (κ3) is 3.00. The standard InChI is InChI=1S/C12H14N2S2/c1-9-13-7-12(16-9)8-14-10-3-5-11(15-2)6-4-10/h3-7,14H,8H2,1-2H3. The van der Waals surface area contributed by atoms with E-state index in [-0.39, 0.29) is 0 Å². The third-order valence-corrected chi connectivity index (χ3v) is 3.88. The predicted molar refractivity (Wildman–Crippen MR) is 72.4 cm³/mol. The van der Waals surface area contributed by atoms with Gasteiger partial charge in [-0.3, -0.25) is 0 Å². The topological polar surface area (TPSA) is 24.9 Å². The van der Waals surface area contributed by atoms with E-state index in [4.69, 9.17) is 0 Å². The van der Waals surface area contributed by atoms with Crippen LogP contribution in [0.1, 0.15) is 9.88 Å². The lowest BCUT2D eigenvalue weighted by molar-refractivity contribution is 1.16. The van der Waals surface area contributed by atoms with Crippen LogP contribution >= 0.6 is 23.1 Å². The fourth-order valence-electron chi connectivity index (χ4n) is 1.39. The zero-order chi connectivity index (χ0) is 11.4. The first-order chi connectivity index (χ1) is 7.78. The van der Waals surface area contributed by atoms with Crippen LogP contribution in [0.25, 0.3) is 0 Å². The van der Waals surface area contributed by atoms with Gasteiger partial charge in [0.25, 0.3) is 0 Å². The molecule has 0 amide bonds. The maximum Gasteiger partial charge on any atom is 0.0897 e. The van der Waals surface area contributed by atoms with Crippen molar-refractivity contribution >= 4 is 28.8 Å². The lowest BCUT2D eigenvalue weighted by atomic mass is 10.3. The van der Waals surface area contributed by atoms with Crippen LogP contribution in [0.4, 0.5) is 5.69 Å². The highest BCUT2D eigenvalue weighted by Gasteiger charge is 1.98. The van der Waals surface area contributed by atoms with Crippen molar-refractivity contribution in [3.8, 4) is 0 Å². The highest BCUT2D eigenvalue weighted by molar-refractivity contribution is 7.98. The van der Waals surface area contributed by atoms with Gasteiger partial charge in [-0.25, -0.2) is 4.98 Å². The minimum absolute atomic E-state index is 0.851. The Balaban J connectivity index is 1.94. The zero-order valence-electron chi connectivity index (χ0n) is 9.36. The van der Waals surface area contributed by atoms with Crippen LogP contribution in [0.3, 0.4) is 0 Å². The molecule has 0 bridgehead atoms. The first-order valence-electron chi connectivity index (χ1n) is 5.07. The van der Waals surface area contributed by atoms with Crippen molar-refractivity contribution < 1.29 is 0 Å². The summed E-state index contributed by atoms with van der Waals surface area (Å²) in [7, 11) is 0. The number of nitrogens with zero attached hydrogens (tertiary/aromatic N) is 1. The van der Waals surface area contributed by atoms with Crippen LogP contribution in [0.15, 0.2) is 35.4 Å². The molecule has 84 valence electrons. The molecule has 0 atom stereocenters. The van der Waals surface area contributed by atoms with Gasteiger partial charge >= 0.3 is 0 Å². The van der Waals surface area contributed by atoms with Gasteiger partial charge in [0.05, 0.1) is 11.6 Å². The van der Waals surface area contributed by atoms with Crippen molar-refractivity contribution in [2.45, 2.75) is 18.4 Å². The average molecular weight is 250 g/mol. The SMILES string of the molecule is CSc1ccc(NCc2cnc(C)s2)cc1. The molecular weight excluding hydrogens is 236 g/mol. The fraction of sp³-hybridized carbons (Fsp3) is 0.250. The van der Waals surface area contributed by atoms with Crippen LogP contribution in [0.2, 0.25) is 0 Å². The number of aryl methyl sites for hydroxylation is 1. The number of hydrogen-bond acceptors (Lipinski definition) is 4. The smallest absolute Gasteiger partial charge is 0.0897 e. The van der Waals surface area contributed by atoms with E-state index in [1.54, 1.807) is 23.1 Å². The minimum Gasteiger partial charge on any atom is -0.380 e. The number of thiazole rings is 1. The Morgan fingerprint density at radius 3 is 2.62 bits per heavy atom. The highest BCUT2D eigenvalue weighted by Crippen LogP contribution is 2.19. The van der Waals surface area contributed by atoms with E-state index in [0.717, 1.165) is 17.2 Å². The van der Waals surface area contributed by atoms with E-state index in [0.29, 0.717) is 0 Å². The number of aromatic nitrogens is 1. The second-order valence-corrected chi connectivity index (χ2v) is 5.63. The Kier molecular flexibility index (Phi) is 3.85. The lowest BCUT2D eigenvalue weighted by Crippen LogP contribution is -1.96. The van der Waals surface area contributed by atoms with E-state index in [1.165, 1.54) is 9.77 Å². The molecule has 1 aromatic carbocycles. The molecule has 1 N–H and O–H groups in total. The van der Waals surface area contributed by atoms with Gasteiger partial charge in [0.2, 0.25) is 0 Å². The molecule has 2 nitrogen and oxygen atoms in total. The van der Waals surface area contributed by atoms with Crippen LogP contribution in [0.5, 0.6) is 0 Å². The van der Waals surface area contributed by atoms with Crippen molar-refractivity contribution in [3.05, 3.63) is 40.3 Å². The number of benzene rings is 1. The van der Waals surface area contributed by atoms with Gasteiger partial charge < -0.3 is 5.32 Å². The molecular formula is C12H14N2S2. The maximum atomic E-state index is 4.23. The maximum absolute atomic E-state index is 4.23. The molecule has 0 fully saturated rings. The molecule has 0 saturated carbocycles. The Morgan fingerprint density at radius 1 is 1.31 bits per heavy atom. The van der Waals surface area contributed by atoms with Crippen molar-refractivity contribution in [1.29, 1.82) is 0 Å².